The molecular formula is C13H18N2O4. The molecule has 19 heavy (non-hydrogen) atoms. The third-order valence-electron chi connectivity index (χ3n) is 2.64. The predicted molar refractivity (Wildman–Crippen MR) is 69.5 cm³/mol. The van der Waals surface area contributed by atoms with Crippen molar-refractivity contribution < 1.29 is 19.3 Å². The molecule has 0 saturated carbocycles. The fraction of sp³-hybridized carbons (Fsp3) is 0.462. The Kier molecular flexibility index (Phi) is 5.93. The zero-order chi connectivity index (χ0) is 14.3. The summed E-state index contributed by atoms with van der Waals surface area (Å²) in [5.41, 5.74) is 0.635. The first kappa shape index (κ1) is 15.1. The van der Waals surface area contributed by atoms with Gasteiger partial charge in [-0.2, -0.15) is 5.26 Å². The van der Waals surface area contributed by atoms with Crippen molar-refractivity contribution in [3.63, 3.8) is 0 Å². The number of nitrogens with zero attached hydrogens (tertiary/aromatic N) is 1. The highest BCUT2D eigenvalue weighted by Crippen LogP contribution is 2.41. The van der Waals surface area contributed by atoms with Crippen LogP contribution >= 0.6 is 0 Å². The lowest BCUT2D eigenvalue weighted by atomic mass is 10.1. The molecule has 104 valence electrons. The largest absolute Gasteiger partial charge is 0.493 e. The topological polar surface area (TPSA) is 83.7 Å². The van der Waals surface area contributed by atoms with Gasteiger partial charge in [-0.1, -0.05) is 0 Å². The molecule has 0 fully saturated rings. The third-order valence-corrected chi connectivity index (χ3v) is 2.64. The van der Waals surface area contributed by atoms with Gasteiger partial charge < -0.3 is 19.3 Å². The number of nitriles is 1. The fourth-order valence-corrected chi connectivity index (χ4v) is 1.79. The van der Waals surface area contributed by atoms with Gasteiger partial charge in [0.2, 0.25) is 5.75 Å². The summed E-state index contributed by atoms with van der Waals surface area (Å²) in [6.07, 6.45) is 0. The van der Waals surface area contributed by atoms with Gasteiger partial charge in [0.1, 0.15) is 6.04 Å². The van der Waals surface area contributed by atoms with Crippen LogP contribution in [0.1, 0.15) is 11.6 Å². The maximum Gasteiger partial charge on any atom is 0.203 e. The lowest BCUT2D eigenvalue weighted by Crippen LogP contribution is -2.23. The highest BCUT2D eigenvalue weighted by Gasteiger charge is 2.21. The van der Waals surface area contributed by atoms with E-state index in [1.54, 1.807) is 12.1 Å². The summed E-state index contributed by atoms with van der Waals surface area (Å²) in [6, 6.07) is 4.97. The molecule has 1 atom stereocenters. The normalized spacial score (nSPS) is 11.5. The molecule has 1 unspecified atom stereocenters. The Morgan fingerprint density at radius 1 is 1.21 bits per heavy atom. The van der Waals surface area contributed by atoms with Crippen molar-refractivity contribution in [1.29, 1.82) is 5.26 Å². The van der Waals surface area contributed by atoms with E-state index in [0.29, 0.717) is 29.4 Å². The standard InChI is InChI=1S/C13H18N2O4/c1-17-11-5-4-9(10(8-14)15-6-7-16)12(18-2)13(11)19-3/h4-5,10,15-16H,6-7H2,1-3H3. The minimum atomic E-state index is -0.595. The molecule has 0 aromatic heterocycles. The van der Waals surface area contributed by atoms with Crippen LogP contribution in [0.15, 0.2) is 12.1 Å². The minimum Gasteiger partial charge on any atom is -0.493 e. The van der Waals surface area contributed by atoms with E-state index in [1.807, 2.05) is 0 Å². The highest BCUT2D eigenvalue weighted by molar-refractivity contribution is 5.57. The lowest BCUT2D eigenvalue weighted by molar-refractivity contribution is 0.287. The van der Waals surface area contributed by atoms with Crippen LogP contribution in [-0.4, -0.2) is 39.6 Å². The molecule has 1 aromatic carbocycles. The smallest absolute Gasteiger partial charge is 0.203 e. The van der Waals surface area contributed by atoms with E-state index in [1.165, 1.54) is 21.3 Å². The summed E-state index contributed by atoms with van der Waals surface area (Å²) in [5, 5.41) is 20.9. The maximum atomic E-state index is 9.19. The van der Waals surface area contributed by atoms with E-state index in [-0.39, 0.29) is 6.61 Å². The first-order chi connectivity index (χ1) is 9.23. The van der Waals surface area contributed by atoms with Crippen molar-refractivity contribution in [2.75, 3.05) is 34.5 Å². The zero-order valence-electron chi connectivity index (χ0n) is 11.3. The number of methoxy groups -OCH3 is 3. The van der Waals surface area contributed by atoms with Crippen LogP contribution in [0.5, 0.6) is 17.2 Å². The van der Waals surface area contributed by atoms with Crippen LogP contribution in [0, 0.1) is 11.3 Å². The molecule has 1 aromatic rings. The van der Waals surface area contributed by atoms with E-state index in [0.717, 1.165) is 0 Å². The number of ether oxygens (including phenoxy) is 3. The summed E-state index contributed by atoms with van der Waals surface area (Å²) in [7, 11) is 4.54. The summed E-state index contributed by atoms with van der Waals surface area (Å²) < 4.78 is 15.8. The van der Waals surface area contributed by atoms with Crippen LogP contribution in [0.2, 0.25) is 0 Å². The van der Waals surface area contributed by atoms with E-state index >= 15 is 0 Å². The van der Waals surface area contributed by atoms with E-state index in [9.17, 15) is 5.26 Å². The molecule has 0 saturated heterocycles. The van der Waals surface area contributed by atoms with Crippen molar-refractivity contribution in [2.45, 2.75) is 6.04 Å². The van der Waals surface area contributed by atoms with Crippen molar-refractivity contribution in [2.24, 2.45) is 0 Å². The number of nitrogens with one attached hydrogen (secondary N) is 1. The second-order valence-corrected chi connectivity index (χ2v) is 3.66. The summed E-state index contributed by atoms with van der Waals surface area (Å²) in [5.74, 6) is 1.41. The van der Waals surface area contributed by atoms with Gasteiger partial charge in [-0.15, -0.1) is 0 Å². The summed E-state index contributed by atoms with van der Waals surface area (Å²) in [6.45, 7) is 0.267. The Balaban J connectivity index is 3.23. The number of aliphatic hydroxyl groups is 1. The van der Waals surface area contributed by atoms with Crippen LogP contribution in [0.25, 0.3) is 0 Å². The second kappa shape index (κ2) is 7.46. The van der Waals surface area contributed by atoms with Gasteiger partial charge in [0, 0.05) is 12.1 Å². The number of benzene rings is 1. The summed E-state index contributed by atoms with van der Waals surface area (Å²) >= 11 is 0. The molecule has 6 nitrogen and oxygen atoms in total. The van der Waals surface area contributed by atoms with Crippen molar-refractivity contribution in [1.82, 2.24) is 5.32 Å². The molecule has 0 radical (unpaired) electrons. The molecule has 0 bridgehead atoms. The van der Waals surface area contributed by atoms with Crippen LogP contribution in [0.4, 0.5) is 0 Å². The quantitative estimate of drug-likeness (QED) is 0.761. The fourth-order valence-electron chi connectivity index (χ4n) is 1.79. The molecular weight excluding hydrogens is 248 g/mol. The number of aliphatic hydroxyl groups excluding tert-OH is 1. The van der Waals surface area contributed by atoms with Gasteiger partial charge in [-0.25, -0.2) is 0 Å². The molecule has 0 aliphatic heterocycles. The Morgan fingerprint density at radius 3 is 2.37 bits per heavy atom. The van der Waals surface area contributed by atoms with Gasteiger partial charge in [0.25, 0.3) is 0 Å². The third kappa shape index (κ3) is 3.28. The van der Waals surface area contributed by atoms with Gasteiger partial charge in [-0.3, -0.25) is 5.32 Å². The Hall–Kier alpha value is -1.97. The van der Waals surface area contributed by atoms with E-state index in [4.69, 9.17) is 19.3 Å². The van der Waals surface area contributed by atoms with Crippen LogP contribution in [-0.2, 0) is 0 Å². The van der Waals surface area contributed by atoms with Gasteiger partial charge in [0.05, 0.1) is 34.0 Å². The van der Waals surface area contributed by atoms with Gasteiger partial charge in [-0.05, 0) is 12.1 Å². The average Bonchev–Trinajstić information content (AvgIpc) is 2.46. The van der Waals surface area contributed by atoms with E-state index < -0.39 is 6.04 Å². The maximum absolute atomic E-state index is 9.19. The van der Waals surface area contributed by atoms with Crippen LogP contribution < -0.4 is 19.5 Å². The predicted octanol–water partition coefficient (Wildman–Crippen LogP) is 0.859. The molecule has 2 N–H and O–H groups in total. The van der Waals surface area contributed by atoms with Gasteiger partial charge in [0.15, 0.2) is 11.5 Å². The average molecular weight is 266 g/mol. The van der Waals surface area contributed by atoms with Gasteiger partial charge >= 0.3 is 0 Å². The Labute approximate surface area is 112 Å². The Bertz CT molecular complexity index is 457. The molecule has 0 spiro atoms. The van der Waals surface area contributed by atoms with Crippen molar-refractivity contribution in [3.8, 4) is 23.3 Å². The number of hydrogen-bond donors (Lipinski definition) is 2. The Morgan fingerprint density at radius 2 is 1.89 bits per heavy atom. The highest BCUT2D eigenvalue weighted by atomic mass is 16.5. The number of hydrogen-bond acceptors (Lipinski definition) is 6. The van der Waals surface area contributed by atoms with E-state index in [2.05, 4.69) is 11.4 Å². The van der Waals surface area contributed by atoms with Crippen molar-refractivity contribution in [3.05, 3.63) is 17.7 Å². The minimum absolute atomic E-state index is 0.0478. The lowest BCUT2D eigenvalue weighted by Gasteiger charge is -2.18. The first-order valence-electron chi connectivity index (χ1n) is 5.76. The number of rotatable bonds is 7. The molecule has 0 heterocycles. The first-order valence-corrected chi connectivity index (χ1v) is 5.76. The second-order valence-electron chi connectivity index (χ2n) is 3.66. The molecule has 0 aliphatic carbocycles. The van der Waals surface area contributed by atoms with Crippen LogP contribution in [0.3, 0.4) is 0 Å². The zero-order valence-corrected chi connectivity index (χ0v) is 11.3. The summed E-state index contributed by atoms with van der Waals surface area (Å²) in [4.78, 5) is 0. The molecule has 0 amide bonds. The molecule has 1 rings (SSSR count). The monoisotopic (exact) mass is 266 g/mol. The molecule has 6 heteroatoms. The van der Waals surface area contributed by atoms with Crippen molar-refractivity contribution >= 4 is 0 Å². The SMILES string of the molecule is COc1ccc(C(C#N)NCCO)c(OC)c1OC. The molecule has 0 aliphatic rings.